The van der Waals surface area contributed by atoms with Crippen LogP contribution in [0.2, 0.25) is 5.02 Å². The van der Waals surface area contributed by atoms with E-state index in [1.165, 1.54) is 4.31 Å². The number of nitrogens with zero attached hydrogens (tertiary/aromatic N) is 3. The van der Waals surface area contributed by atoms with E-state index < -0.39 is 10.0 Å². The Labute approximate surface area is 177 Å². The molecular weight excluding hydrogens is 418 g/mol. The minimum atomic E-state index is -3.51. The monoisotopic (exact) mass is 445 g/mol. The number of halogens is 1. The third-order valence-corrected chi connectivity index (χ3v) is 6.41. The van der Waals surface area contributed by atoms with Gasteiger partial charge in [-0.05, 0) is 38.0 Å². The van der Waals surface area contributed by atoms with Crippen molar-refractivity contribution in [3.8, 4) is 0 Å². The number of hydrogen-bond acceptors (Lipinski definition) is 5. The summed E-state index contributed by atoms with van der Waals surface area (Å²) in [6, 6.07) is 5.12. The molecule has 0 saturated carbocycles. The Balaban J connectivity index is 1.91. The van der Waals surface area contributed by atoms with Crippen molar-refractivity contribution >= 4 is 39.3 Å². The van der Waals surface area contributed by atoms with E-state index in [1.54, 1.807) is 41.8 Å². The molecule has 0 aliphatic carbocycles. The highest BCUT2D eigenvalue weighted by Crippen LogP contribution is 2.28. The van der Waals surface area contributed by atoms with Crippen molar-refractivity contribution < 1.29 is 22.7 Å². The van der Waals surface area contributed by atoms with Crippen molar-refractivity contribution in [2.75, 3.05) is 49.9 Å². The highest BCUT2D eigenvalue weighted by atomic mass is 35.5. The van der Waals surface area contributed by atoms with Crippen LogP contribution in [0.25, 0.3) is 0 Å². The molecule has 1 aliphatic rings. The van der Waals surface area contributed by atoms with Gasteiger partial charge in [0.25, 0.3) is 0 Å². The summed E-state index contributed by atoms with van der Waals surface area (Å²) in [6.07, 6.45) is 1.39. The van der Waals surface area contributed by atoms with Crippen molar-refractivity contribution in [3.05, 3.63) is 28.8 Å². The predicted octanol–water partition coefficient (Wildman–Crippen LogP) is 2.50. The average molecular weight is 446 g/mol. The van der Waals surface area contributed by atoms with Gasteiger partial charge in [-0.25, -0.2) is 13.2 Å². The van der Waals surface area contributed by atoms with E-state index >= 15 is 0 Å². The number of piperazine rings is 1. The lowest BCUT2D eigenvalue weighted by Gasteiger charge is -2.34. The van der Waals surface area contributed by atoms with Crippen LogP contribution in [0, 0.1) is 6.92 Å². The van der Waals surface area contributed by atoms with Crippen LogP contribution < -0.4 is 4.31 Å². The van der Waals surface area contributed by atoms with Gasteiger partial charge in [0, 0.05) is 44.2 Å². The zero-order valence-corrected chi connectivity index (χ0v) is 18.6. The zero-order chi connectivity index (χ0) is 21.6. The molecule has 1 aliphatic heterocycles. The second-order valence-electron chi connectivity index (χ2n) is 6.89. The van der Waals surface area contributed by atoms with Crippen LogP contribution in [-0.2, 0) is 19.6 Å². The normalized spacial score (nSPS) is 14.6. The van der Waals surface area contributed by atoms with Gasteiger partial charge in [-0.2, -0.15) is 0 Å². The van der Waals surface area contributed by atoms with Gasteiger partial charge in [0.1, 0.15) is 0 Å². The number of hydrogen-bond donors (Lipinski definition) is 0. The summed E-state index contributed by atoms with van der Waals surface area (Å²) in [5.74, 6) is -0.0511. The first-order chi connectivity index (χ1) is 13.6. The van der Waals surface area contributed by atoms with Gasteiger partial charge < -0.3 is 14.5 Å². The van der Waals surface area contributed by atoms with Gasteiger partial charge in [0.2, 0.25) is 15.9 Å². The number of sulfonamides is 1. The van der Waals surface area contributed by atoms with Gasteiger partial charge >= 0.3 is 6.09 Å². The quantitative estimate of drug-likeness (QED) is 0.643. The summed E-state index contributed by atoms with van der Waals surface area (Å²) < 4.78 is 30.8. The van der Waals surface area contributed by atoms with Crippen LogP contribution in [0.1, 0.15) is 25.3 Å². The number of carbonyl (C=O) groups is 2. The second kappa shape index (κ2) is 10.2. The topological polar surface area (TPSA) is 87.2 Å². The SMILES string of the molecule is CCOC(=O)N1CCN(C(=O)CCCN(c2cccc(Cl)c2C)S(C)(=O)=O)CC1. The smallest absolute Gasteiger partial charge is 0.409 e. The highest BCUT2D eigenvalue weighted by molar-refractivity contribution is 7.92. The third-order valence-electron chi connectivity index (χ3n) is 4.82. The summed E-state index contributed by atoms with van der Waals surface area (Å²) in [4.78, 5) is 27.5. The van der Waals surface area contributed by atoms with E-state index in [1.807, 2.05) is 0 Å². The van der Waals surface area contributed by atoms with Crippen LogP contribution in [-0.4, -0.2) is 75.8 Å². The van der Waals surface area contributed by atoms with Crippen LogP contribution in [0.3, 0.4) is 0 Å². The van der Waals surface area contributed by atoms with Crippen molar-refractivity contribution in [2.24, 2.45) is 0 Å². The molecule has 0 N–H and O–H groups in total. The number of amides is 2. The maximum Gasteiger partial charge on any atom is 0.409 e. The van der Waals surface area contributed by atoms with Gasteiger partial charge in [-0.1, -0.05) is 17.7 Å². The van der Waals surface area contributed by atoms with Crippen LogP contribution in [0.5, 0.6) is 0 Å². The highest BCUT2D eigenvalue weighted by Gasteiger charge is 2.25. The van der Waals surface area contributed by atoms with Crippen molar-refractivity contribution in [3.63, 3.8) is 0 Å². The van der Waals surface area contributed by atoms with Gasteiger partial charge in [0.15, 0.2) is 0 Å². The fourth-order valence-corrected chi connectivity index (χ4v) is 4.40. The molecule has 1 heterocycles. The number of ether oxygens (including phenoxy) is 1. The first kappa shape index (κ1) is 23.3. The molecule has 1 aromatic rings. The Morgan fingerprint density at radius 1 is 1.17 bits per heavy atom. The maximum atomic E-state index is 12.5. The Morgan fingerprint density at radius 3 is 2.38 bits per heavy atom. The lowest BCUT2D eigenvalue weighted by Crippen LogP contribution is -2.50. The van der Waals surface area contributed by atoms with Gasteiger partial charge in [-0.15, -0.1) is 0 Å². The summed E-state index contributed by atoms with van der Waals surface area (Å²) in [5.41, 5.74) is 1.21. The summed E-state index contributed by atoms with van der Waals surface area (Å²) in [7, 11) is -3.51. The molecule has 0 unspecified atom stereocenters. The second-order valence-corrected chi connectivity index (χ2v) is 9.20. The van der Waals surface area contributed by atoms with E-state index in [0.29, 0.717) is 55.5 Å². The fourth-order valence-electron chi connectivity index (χ4n) is 3.22. The minimum absolute atomic E-state index is 0.0511. The van der Waals surface area contributed by atoms with E-state index in [4.69, 9.17) is 16.3 Å². The molecule has 0 spiro atoms. The van der Waals surface area contributed by atoms with Crippen molar-refractivity contribution in [2.45, 2.75) is 26.7 Å². The van der Waals surface area contributed by atoms with Crippen molar-refractivity contribution in [1.29, 1.82) is 0 Å². The molecule has 1 saturated heterocycles. The molecule has 0 aromatic heterocycles. The molecular formula is C19H28ClN3O5S. The predicted molar refractivity (Wildman–Crippen MR) is 113 cm³/mol. The average Bonchev–Trinajstić information content (AvgIpc) is 2.67. The van der Waals surface area contributed by atoms with Crippen molar-refractivity contribution in [1.82, 2.24) is 9.80 Å². The van der Waals surface area contributed by atoms with E-state index in [0.717, 1.165) is 6.26 Å². The Kier molecular flexibility index (Phi) is 8.15. The van der Waals surface area contributed by atoms with Crippen LogP contribution >= 0.6 is 11.6 Å². The maximum absolute atomic E-state index is 12.5. The molecule has 162 valence electrons. The molecule has 1 fully saturated rings. The minimum Gasteiger partial charge on any atom is -0.450 e. The Hall–Kier alpha value is -2.00. The molecule has 2 amide bonds. The third kappa shape index (κ3) is 6.24. The zero-order valence-electron chi connectivity index (χ0n) is 17.1. The first-order valence-electron chi connectivity index (χ1n) is 9.57. The molecule has 0 radical (unpaired) electrons. The first-order valence-corrected chi connectivity index (χ1v) is 11.8. The number of rotatable bonds is 7. The van der Waals surface area contributed by atoms with Crippen LogP contribution in [0.15, 0.2) is 18.2 Å². The molecule has 8 nitrogen and oxygen atoms in total. The van der Waals surface area contributed by atoms with Gasteiger partial charge in [-0.3, -0.25) is 9.10 Å². The Morgan fingerprint density at radius 2 is 1.79 bits per heavy atom. The number of carbonyl (C=O) groups excluding carboxylic acids is 2. The molecule has 2 rings (SSSR count). The molecule has 0 bridgehead atoms. The van der Waals surface area contributed by atoms with E-state index in [9.17, 15) is 18.0 Å². The standard InChI is InChI=1S/C19H28ClN3O5S/c1-4-28-19(25)22-13-11-21(12-14-22)18(24)9-6-10-23(29(3,26)27)17-8-5-7-16(20)15(17)2/h5,7-8H,4,6,9-14H2,1-3H3. The van der Waals surface area contributed by atoms with Gasteiger partial charge in [0.05, 0.1) is 18.6 Å². The molecule has 29 heavy (non-hydrogen) atoms. The Bertz CT molecular complexity index is 838. The lowest BCUT2D eigenvalue weighted by molar-refractivity contribution is -0.132. The largest absolute Gasteiger partial charge is 0.450 e. The van der Waals surface area contributed by atoms with E-state index in [2.05, 4.69) is 0 Å². The molecule has 10 heteroatoms. The molecule has 0 atom stereocenters. The number of benzene rings is 1. The fraction of sp³-hybridized carbons (Fsp3) is 0.579. The number of anilines is 1. The van der Waals surface area contributed by atoms with Crippen LogP contribution in [0.4, 0.5) is 10.5 Å². The molecule has 1 aromatic carbocycles. The summed E-state index contributed by atoms with van der Waals surface area (Å²) >= 11 is 6.13. The van der Waals surface area contributed by atoms with E-state index in [-0.39, 0.29) is 25.0 Å². The summed E-state index contributed by atoms with van der Waals surface area (Å²) in [6.45, 7) is 5.78. The summed E-state index contributed by atoms with van der Waals surface area (Å²) in [5, 5.41) is 0.492. The lowest BCUT2D eigenvalue weighted by atomic mass is 10.2.